The van der Waals surface area contributed by atoms with Crippen LogP contribution in [0.1, 0.15) is 18.5 Å². The summed E-state index contributed by atoms with van der Waals surface area (Å²) in [6.45, 7) is 0. The second kappa shape index (κ2) is 7.48. The Balaban J connectivity index is 1.43. The van der Waals surface area contributed by atoms with Gasteiger partial charge in [-0.25, -0.2) is 14.5 Å². The van der Waals surface area contributed by atoms with Crippen molar-refractivity contribution in [3.05, 3.63) is 81.9 Å². The molecule has 6 rings (SSSR count). The third kappa shape index (κ3) is 3.76. The molecule has 1 saturated carbocycles. The van der Waals surface area contributed by atoms with Crippen molar-refractivity contribution < 1.29 is 5.11 Å². The summed E-state index contributed by atoms with van der Waals surface area (Å²) < 4.78 is 3.45. The molecule has 33 heavy (non-hydrogen) atoms. The molecular weight excluding hydrogens is 422 g/mol. The number of fused-ring (bicyclic) bond motifs is 1. The number of nitrogens with zero attached hydrogens (tertiary/aromatic N) is 6. The predicted octanol–water partition coefficient (Wildman–Crippen LogP) is 0.991. The highest BCUT2D eigenvalue weighted by Gasteiger charge is 2.20. The third-order valence-electron chi connectivity index (χ3n) is 5.29. The van der Waals surface area contributed by atoms with Crippen LogP contribution in [0.25, 0.3) is 17.4 Å². The molecule has 1 aliphatic carbocycles. The van der Waals surface area contributed by atoms with Crippen LogP contribution in [0.2, 0.25) is 0 Å². The van der Waals surface area contributed by atoms with Gasteiger partial charge in [-0.2, -0.15) is 14.7 Å². The molecule has 0 aliphatic heterocycles. The van der Waals surface area contributed by atoms with Crippen LogP contribution in [0, 0.1) is 0 Å². The molecule has 0 bridgehead atoms. The van der Waals surface area contributed by atoms with Gasteiger partial charge in [-0.15, -0.1) is 0 Å². The molecule has 11 heteroatoms. The topological polar surface area (TPSA) is 141 Å². The van der Waals surface area contributed by atoms with Crippen LogP contribution >= 0.6 is 0 Å². The Labute approximate surface area is 185 Å². The summed E-state index contributed by atoms with van der Waals surface area (Å²) in [5, 5.41) is 22.6. The maximum atomic E-state index is 11.5. The molecule has 4 N–H and O–H groups in total. The standard InChI is InChI=1S/C22H19N9O2/c32-21-17(27-22(33)29-21)10-13-12-24-31-19(26-15-2-3-15)11-18(28-20(13)31)25-14-4-6-16(7-5-14)30-9-1-8-23-30/h1,4-12,15,25,32H,2-3H2,(H2,27,29,33). The van der Waals surface area contributed by atoms with Gasteiger partial charge < -0.3 is 15.4 Å². The summed E-state index contributed by atoms with van der Waals surface area (Å²) in [6.07, 6.45) is 8.98. The monoisotopic (exact) mass is 441 g/mol. The van der Waals surface area contributed by atoms with Gasteiger partial charge in [-0.3, -0.25) is 9.98 Å². The molecular formula is C22H19N9O2. The maximum absolute atomic E-state index is 11.5. The highest BCUT2D eigenvalue weighted by Crippen LogP contribution is 2.23. The number of aromatic amines is 2. The normalized spacial score (nSPS) is 14.9. The highest BCUT2D eigenvalue weighted by atomic mass is 16.3. The number of H-pyrrole nitrogens is 2. The van der Waals surface area contributed by atoms with E-state index in [9.17, 15) is 9.90 Å². The minimum Gasteiger partial charge on any atom is -0.493 e. The fraction of sp³-hybridized carbons (Fsp3) is 0.136. The number of hydrogen-bond acceptors (Lipinski definition) is 7. The predicted molar refractivity (Wildman–Crippen MR) is 120 cm³/mol. The molecule has 0 amide bonds. The third-order valence-corrected chi connectivity index (χ3v) is 5.29. The first kappa shape index (κ1) is 19.0. The van der Waals surface area contributed by atoms with Crippen molar-refractivity contribution in [3.63, 3.8) is 0 Å². The molecule has 0 radical (unpaired) electrons. The van der Waals surface area contributed by atoms with Gasteiger partial charge in [-0.05, 0) is 49.2 Å². The van der Waals surface area contributed by atoms with Gasteiger partial charge in [0.25, 0.3) is 0 Å². The molecule has 4 heterocycles. The van der Waals surface area contributed by atoms with E-state index >= 15 is 0 Å². The summed E-state index contributed by atoms with van der Waals surface area (Å²) in [7, 11) is 0. The van der Waals surface area contributed by atoms with Crippen LogP contribution in [0.3, 0.4) is 0 Å². The van der Waals surface area contributed by atoms with Crippen LogP contribution in [-0.4, -0.2) is 45.5 Å². The van der Waals surface area contributed by atoms with E-state index in [1.807, 2.05) is 42.6 Å². The summed E-state index contributed by atoms with van der Waals surface area (Å²) in [5.41, 5.74) is 2.81. The first-order chi connectivity index (χ1) is 16.1. The summed E-state index contributed by atoms with van der Waals surface area (Å²) in [6, 6.07) is 11.9. The second-order valence-corrected chi connectivity index (χ2v) is 7.80. The van der Waals surface area contributed by atoms with Gasteiger partial charge in [0.15, 0.2) is 11.1 Å². The molecule has 5 aromatic rings. The fourth-order valence-electron chi connectivity index (χ4n) is 3.53. The minimum absolute atomic E-state index is 0.242. The van der Waals surface area contributed by atoms with Crippen molar-refractivity contribution >= 4 is 23.2 Å². The molecule has 11 nitrogen and oxygen atoms in total. The SMILES string of the molecule is O=c1[nH]c(O)c(C=c2cnn3c(=NC4CC4)cc(Nc4ccc(-n5cccn5)cc4)nc23)[nH]1. The van der Waals surface area contributed by atoms with E-state index in [-0.39, 0.29) is 11.6 Å². The number of nitrogens with one attached hydrogen (secondary N) is 3. The van der Waals surface area contributed by atoms with E-state index in [0.29, 0.717) is 28.2 Å². The fourth-order valence-corrected chi connectivity index (χ4v) is 3.53. The number of imidazole rings is 1. The van der Waals surface area contributed by atoms with Crippen LogP contribution < -0.4 is 21.7 Å². The first-order valence-electron chi connectivity index (χ1n) is 10.5. The Morgan fingerprint density at radius 2 is 2.03 bits per heavy atom. The lowest BCUT2D eigenvalue weighted by Crippen LogP contribution is -2.19. The van der Waals surface area contributed by atoms with E-state index in [2.05, 4.69) is 25.5 Å². The van der Waals surface area contributed by atoms with E-state index < -0.39 is 5.69 Å². The lowest BCUT2D eigenvalue weighted by atomic mass is 10.3. The molecule has 0 atom stereocenters. The molecule has 0 saturated heterocycles. The van der Waals surface area contributed by atoms with Gasteiger partial charge in [0.2, 0.25) is 5.88 Å². The zero-order chi connectivity index (χ0) is 22.4. The van der Waals surface area contributed by atoms with E-state index in [1.54, 1.807) is 27.7 Å². The number of hydrogen-bond donors (Lipinski definition) is 4. The van der Waals surface area contributed by atoms with Crippen molar-refractivity contribution in [1.82, 2.24) is 34.3 Å². The molecule has 0 unspecified atom stereocenters. The van der Waals surface area contributed by atoms with Gasteiger partial charge in [0.05, 0.1) is 17.9 Å². The quantitative estimate of drug-likeness (QED) is 0.321. The molecule has 164 valence electrons. The van der Waals surface area contributed by atoms with Crippen LogP contribution in [0.4, 0.5) is 11.5 Å². The zero-order valence-electron chi connectivity index (χ0n) is 17.3. The van der Waals surface area contributed by atoms with Crippen molar-refractivity contribution in [2.24, 2.45) is 4.99 Å². The number of benzene rings is 1. The van der Waals surface area contributed by atoms with Crippen LogP contribution in [0.5, 0.6) is 5.88 Å². The van der Waals surface area contributed by atoms with Crippen molar-refractivity contribution in [3.8, 4) is 11.6 Å². The second-order valence-electron chi connectivity index (χ2n) is 7.80. The van der Waals surface area contributed by atoms with Gasteiger partial charge in [0, 0.05) is 29.4 Å². The van der Waals surface area contributed by atoms with E-state index in [1.165, 1.54) is 0 Å². The van der Waals surface area contributed by atoms with Gasteiger partial charge in [-0.1, -0.05) is 0 Å². The average molecular weight is 441 g/mol. The zero-order valence-corrected chi connectivity index (χ0v) is 17.3. The molecule has 1 aromatic carbocycles. The summed E-state index contributed by atoms with van der Waals surface area (Å²) >= 11 is 0. The number of rotatable bonds is 5. The highest BCUT2D eigenvalue weighted by molar-refractivity contribution is 5.62. The van der Waals surface area contributed by atoms with Crippen molar-refractivity contribution in [1.29, 1.82) is 0 Å². The number of aromatic hydroxyl groups is 1. The van der Waals surface area contributed by atoms with E-state index in [0.717, 1.165) is 24.2 Å². The largest absolute Gasteiger partial charge is 0.493 e. The number of anilines is 2. The average Bonchev–Trinajstić information content (AvgIpc) is 3.17. The molecule has 1 aliphatic rings. The maximum Gasteiger partial charge on any atom is 0.326 e. The van der Waals surface area contributed by atoms with Gasteiger partial charge in [0.1, 0.15) is 11.5 Å². The van der Waals surface area contributed by atoms with Crippen molar-refractivity contribution in [2.75, 3.05) is 5.32 Å². The van der Waals surface area contributed by atoms with Crippen LogP contribution in [0.15, 0.2) is 64.8 Å². The Morgan fingerprint density at radius 3 is 2.73 bits per heavy atom. The number of aromatic nitrogens is 7. The molecule has 4 aromatic heterocycles. The van der Waals surface area contributed by atoms with Crippen molar-refractivity contribution in [2.45, 2.75) is 18.9 Å². The minimum atomic E-state index is -0.492. The Bertz CT molecular complexity index is 1620. The van der Waals surface area contributed by atoms with E-state index in [4.69, 9.17) is 9.98 Å². The Hall–Kier alpha value is -4.67. The van der Waals surface area contributed by atoms with Crippen LogP contribution in [-0.2, 0) is 0 Å². The summed E-state index contributed by atoms with van der Waals surface area (Å²) in [5.74, 6) is 0.365. The Kier molecular flexibility index (Phi) is 4.32. The Morgan fingerprint density at radius 1 is 1.18 bits per heavy atom. The smallest absolute Gasteiger partial charge is 0.326 e. The molecule has 1 fully saturated rings. The summed E-state index contributed by atoms with van der Waals surface area (Å²) in [4.78, 5) is 25.8. The molecule has 0 spiro atoms. The first-order valence-corrected chi connectivity index (χ1v) is 10.5. The van der Waals surface area contributed by atoms with Gasteiger partial charge >= 0.3 is 5.69 Å². The lowest BCUT2D eigenvalue weighted by Gasteiger charge is -2.08. The lowest BCUT2D eigenvalue weighted by molar-refractivity contribution is 0.454.